The number of benzene rings is 1. The monoisotopic (exact) mass is 424 g/mol. The molecule has 1 aromatic heterocycles. The van der Waals surface area contributed by atoms with Gasteiger partial charge in [-0.05, 0) is 29.7 Å². The number of nitrogens with zero attached hydrogens (tertiary/aromatic N) is 2. The maximum atomic E-state index is 13.2. The van der Waals surface area contributed by atoms with E-state index >= 15 is 0 Å². The normalized spacial score (nSPS) is 18.5. The van der Waals surface area contributed by atoms with Crippen LogP contribution in [-0.2, 0) is 32.2 Å². The highest BCUT2D eigenvalue weighted by Crippen LogP contribution is 2.16. The lowest BCUT2D eigenvalue weighted by Gasteiger charge is -2.38. The van der Waals surface area contributed by atoms with Crippen LogP contribution in [0.4, 0.5) is 0 Å². The van der Waals surface area contributed by atoms with Crippen LogP contribution >= 0.6 is 0 Å². The summed E-state index contributed by atoms with van der Waals surface area (Å²) in [7, 11) is 0. The van der Waals surface area contributed by atoms with Crippen molar-refractivity contribution in [2.24, 2.45) is 0 Å². The van der Waals surface area contributed by atoms with Gasteiger partial charge in [-0.2, -0.15) is 0 Å². The standard InChI is InChI=1S/C23H28N4O4/c1-2-3-13-31-16-19-23(30)27(15-18-9-11-24-12-10-18)20(22(29)26-19)21(28)25-14-17-7-5-4-6-8-17/h4-12,19-20H,2-3,13-16H2,1H3,(H,25,28)(H,26,29)/t19-,20?/m0/s1. The minimum Gasteiger partial charge on any atom is -0.379 e. The summed E-state index contributed by atoms with van der Waals surface area (Å²) in [6.07, 6.45) is 5.07. The molecule has 164 valence electrons. The highest BCUT2D eigenvalue weighted by Gasteiger charge is 2.44. The summed E-state index contributed by atoms with van der Waals surface area (Å²) in [5.41, 5.74) is 1.69. The highest BCUT2D eigenvalue weighted by atomic mass is 16.5. The number of hydrogen-bond donors (Lipinski definition) is 2. The Morgan fingerprint density at radius 3 is 2.58 bits per heavy atom. The van der Waals surface area contributed by atoms with Gasteiger partial charge in [0.1, 0.15) is 6.04 Å². The largest absolute Gasteiger partial charge is 0.379 e. The molecule has 0 spiro atoms. The van der Waals surface area contributed by atoms with E-state index in [1.807, 2.05) is 37.3 Å². The van der Waals surface area contributed by atoms with E-state index in [0.29, 0.717) is 6.61 Å². The Morgan fingerprint density at radius 2 is 1.87 bits per heavy atom. The van der Waals surface area contributed by atoms with Gasteiger partial charge in [0.05, 0.1) is 6.61 Å². The molecule has 8 heteroatoms. The van der Waals surface area contributed by atoms with Crippen LogP contribution < -0.4 is 10.6 Å². The number of nitrogens with one attached hydrogen (secondary N) is 2. The first-order valence-electron chi connectivity index (χ1n) is 10.5. The lowest BCUT2D eigenvalue weighted by Crippen LogP contribution is -2.67. The second kappa shape index (κ2) is 11.2. The maximum Gasteiger partial charge on any atom is 0.253 e. The molecule has 0 bridgehead atoms. The smallest absolute Gasteiger partial charge is 0.253 e. The molecule has 1 saturated heterocycles. The van der Waals surface area contributed by atoms with Crippen molar-refractivity contribution in [3.8, 4) is 0 Å². The third kappa shape index (κ3) is 6.11. The number of piperazine rings is 1. The first kappa shape index (κ1) is 22.4. The minimum atomic E-state index is -1.25. The molecule has 1 fully saturated rings. The van der Waals surface area contributed by atoms with Gasteiger partial charge in [0.2, 0.25) is 5.91 Å². The van der Waals surface area contributed by atoms with E-state index in [-0.39, 0.29) is 25.6 Å². The third-order valence-electron chi connectivity index (χ3n) is 5.04. The van der Waals surface area contributed by atoms with Gasteiger partial charge in [0.25, 0.3) is 11.8 Å². The summed E-state index contributed by atoms with van der Waals surface area (Å²) in [6.45, 7) is 3.04. The van der Waals surface area contributed by atoms with Gasteiger partial charge in [-0.15, -0.1) is 0 Å². The molecule has 3 amide bonds. The van der Waals surface area contributed by atoms with Crippen LogP contribution in [0.15, 0.2) is 54.9 Å². The molecule has 2 N–H and O–H groups in total. The predicted molar refractivity (Wildman–Crippen MR) is 115 cm³/mol. The fourth-order valence-electron chi connectivity index (χ4n) is 3.34. The Morgan fingerprint density at radius 1 is 1.13 bits per heavy atom. The van der Waals surface area contributed by atoms with Crippen LogP contribution in [0, 0.1) is 0 Å². The van der Waals surface area contributed by atoms with Crippen molar-refractivity contribution in [1.29, 1.82) is 0 Å². The van der Waals surface area contributed by atoms with Crippen molar-refractivity contribution in [2.75, 3.05) is 13.2 Å². The molecule has 0 radical (unpaired) electrons. The maximum absolute atomic E-state index is 13.2. The summed E-state index contributed by atoms with van der Waals surface area (Å²) in [4.78, 5) is 44.2. The van der Waals surface area contributed by atoms with Crippen molar-refractivity contribution in [2.45, 2.75) is 44.9 Å². The number of carbonyl (C=O) groups excluding carboxylic acids is 3. The second-order valence-electron chi connectivity index (χ2n) is 7.42. The van der Waals surface area contributed by atoms with E-state index in [4.69, 9.17) is 4.74 Å². The number of carbonyl (C=O) groups is 3. The Bertz CT molecular complexity index is 876. The topological polar surface area (TPSA) is 101 Å². The van der Waals surface area contributed by atoms with Gasteiger partial charge in [0.15, 0.2) is 6.04 Å². The molecule has 0 aliphatic carbocycles. The van der Waals surface area contributed by atoms with Crippen molar-refractivity contribution in [3.63, 3.8) is 0 Å². The number of aromatic nitrogens is 1. The molecule has 1 aliphatic rings. The molecule has 3 rings (SSSR count). The van der Waals surface area contributed by atoms with Crippen molar-refractivity contribution in [3.05, 3.63) is 66.0 Å². The molecule has 1 aliphatic heterocycles. The quantitative estimate of drug-likeness (QED) is 0.444. The molecule has 2 aromatic rings. The van der Waals surface area contributed by atoms with Crippen LogP contribution in [0.5, 0.6) is 0 Å². The number of hydrogen-bond acceptors (Lipinski definition) is 5. The van der Waals surface area contributed by atoms with E-state index in [2.05, 4.69) is 15.6 Å². The third-order valence-corrected chi connectivity index (χ3v) is 5.04. The zero-order valence-electron chi connectivity index (χ0n) is 17.6. The van der Waals surface area contributed by atoms with E-state index in [9.17, 15) is 14.4 Å². The van der Waals surface area contributed by atoms with Gasteiger partial charge in [-0.25, -0.2) is 0 Å². The van der Waals surface area contributed by atoms with Crippen molar-refractivity contribution in [1.82, 2.24) is 20.5 Å². The molecular formula is C23H28N4O4. The summed E-state index contributed by atoms with van der Waals surface area (Å²) in [5, 5.41) is 5.43. The predicted octanol–water partition coefficient (Wildman–Crippen LogP) is 1.41. The number of ether oxygens (including phenoxy) is 1. The fraction of sp³-hybridized carbons (Fsp3) is 0.391. The summed E-state index contributed by atoms with van der Waals surface area (Å²) < 4.78 is 5.56. The molecule has 8 nitrogen and oxygen atoms in total. The molecule has 1 unspecified atom stereocenters. The van der Waals surface area contributed by atoms with Gasteiger partial charge in [-0.1, -0.05) is 43.7 Å². The first-order chi connectivity index (χ1) is 15.1. The van der Waals surface area contributed by atoms with Crippen LogP contribution in [-0.4, -0.2) is 52.9 Å². The number of unbranched alkanes of at least 4 members (excludes halogenated alkanes) is 1. The Balaban J connectivity index is 1.74. The van der Waals surface area contributed by atoms with Gasteiger partial charge in [-0.3, -0.25) is 19.4 Å². The molecular weight excluding hydrogens is 396 g/mol. The second-order valence-corrected chi connectivity index (χ2v) is 7.42. The average molecular weight is 425 g/mol. The zero-order chi connectivity index (χ0) is 22.1. The van der Waals surface area contributed by atoms with E-state index in [1.165, 1.54) is 4.90 Å². The number of rotatable bonds is 10. The van der Waals surface area contributed by atoms with Crippen LogP contribution in [0.2, 0.25) is 0 Å². The van der Waals surface area contributed by atoms with E-state index in [0.717, 1.165) is 24.0 Å². The zero-order valence-corrected chi connectivity index (χ0v) is 17.6. The van der Waals surface area contributed by atoms with Gasteiger partial charge in [0, 0.05) is 32.1 Å². The van der Waals surface area contributed by atoms with Gasteiger partial charge < -0.3 is 20.3 Å². The van der Waals surface area contributed by atoms with Crippen LogP contribution in [0.25, 0.3) is 0 Å². The number of amides is 3. The number of pyridine rings is 1. The fourth-order valence-corrected chi connectivity index (χ4v) is 3.34. The molecule has 0 saturated carbocycles. The van der Waals surface area contributed by atoms with Crippen LogP contribution in [0.1, 0.15) is 30.9 Å². The first-order valence-corrected chi connectivity index (χ1v) is 10.5. The average Bonchev–Trinajstić information content (AvgIpc) is 2.79. The molecule has 1 aromatic carbocycles. The Kier molecular flexibility index (Phi) is 8.12. The Labute approximate surface area is 182 Å². The van der Waals surface area contributed by atoms with Gasteiger partial charge >= 0.3 is 0 Å². The van der Waals surface area contributed by atoms with Crippen LogP contribution in [0.3, 0.4) is 0 Å². The highest BCUT2D eigenvalue weighted by molar-refractivity contribution is 6.10. The SMILES string of the molecule is CCCCOC[C@@H]1NC(=O)C(C(=O)NCc2ccccc2)N(Cc2ccncc2)C1=O. The minimum absolute atomic E-state index is 0.0791. The molecule has 31 heavy (non-hydrogen) atoms. The van der Waals surface area contributed by atoms with Crippen molar-refractivity contribution < 1.29 is 19.1 Å². The van der Waals surface area contributed by atoms with E-state index in [1.54, 1.807) is 24.5 Å². The lowest BCUT2D eigenvalue weighted by molar-refractivity contribution is -0.156. The van der Waals surface area contributed by atoms with E-state index < -0.39 is 23.9 Å². The summed E-state index contributed by atoms with van der Waals surface area (Å²) >= 11 is 0. The lowest BCUT2D eigenvalue weighted by atomic mass is 10.0. The summed E-state index contributed by atoms with van der Waals surface area (Å²) in [6, 6.07) is 10.8. The Hall–Kier alpha value is -3.26. The molecule has 2 heterocycles. The molecule has 2 atom stereocenters. The summed E-state index contributed by atoms with van der Waals surface area (Å²) in [5.74, 6) is -1.37. The van der Waals surface area contributed by atoms with Crippen molar-refractivity contribution >= 4 is 17.7 Å².